The number of nitrogens with one attached hydrogen (secondary N) is 1. The van der Waals surface area contributed by atoms with E-state index in [0.29, 0.717) is 22.2 Å². The summed E-state index contributed by atoms with van der Waals surface area (Å²) in [6.07, 6.45) is 1.51. The molecule has 2 heterocycles. The highest BCUT2D eigenvalue weighted by Crippen LogP contribution is 2.33. The zero-order valence-electron chi connectivity index (χ0n) is 17.0. The minimum absolute atomic E-state index is 0.178. The van der Waals surface area contributed by atoms with Crippen molar-refractivity contribution >= 4 is 57.9 Å². The largest absolute Gasteiger partial charge is 0.341 e. The number of halogens is 3. The van der Waals surface area contributed by atoms with Crippen molar-refractivity contribution < 1.29 is 26.0 Å². The van der Waals surface area contributed by atoms with Crippen molar-refractivity contribution in [2.75, 3.05) is 6.26 Å². The van der Waals surface area contributed by atoms with Gasteiger partial charge in [-0.05, 0) is 48.5 Å². The molecule has 2 aromatic carbocycles. The Morgan fingerprint density at radius 3 is 2.29 bits per heavy atom. The number of hydrogen-bond acceptors (Lipinski definition) is 7. The van der Waals surface area contributed by atoms with Gasteiger partial charge in [0.05, 0.1) is 17.3 Å². The molecule has 14 heteroatoms. The van der Waals surface area contributed by atoms with Crippen LogP contribution < -0.4 is 4.72 Å². The van der Waals surface area contributed by atoms with Crippen LogP contribution in [0.4, 0.5) is 4.39 Å². The van der Waals surface area contributed by atoms with Gasteiger partial charge in [-0.3, -0.25) is 4.79 Å². The first-order valence-corrected chi connectivity index (χ1v) is 13.9. The lowest BCUT2D eigenvalue weighted by Crippen LogP contribution is -2.35. The summed E-state index contributed by atoms with van der Waals surface area (Å²) in [4.78, 5) is 16.3. The molecule has 4 rings (SSSR count). The first-order valence-electron chi connectivity index (χ1n) is 9.24. The summed E-state index contributed by atoms with van der Waals surface area (Å²) in [7, 11) is -9.46. The van der Waals surface area contributed by atoms with Gasteiger partial charge in [0.2, 0.25) is 0 Å². The summed E-state index contributed by atoms with van der Waals surface area (Å²) in [6.45, 7) is 0. The number of benzene rings is 2. The predicted octanol–water partition coefficient (Wildman–Crippen LogP) is 3.55. The topological polar surface area (TPSA) is 128 Å². The highest BCUT2D eigenvalue weighted by Gasteiger charge is 2.27. The smallest absolute Gasteiger partial charge is 0.268 e. The van der Waals surface area contributed by atoms with Crippen molar-refractivity contribution in [1.82, 2.24) is 19.5 Å². The third-order valence-corrected chi connectivity index (χ3v) is 9.02. The highest BCUT2D eigenvalue weighted by atomic mass is 35.5. The molecular weight excluding hydrogens is 530 g/mol. The quantitative estimate of drug-likeness (QED) is 0.382. The Morgan fingerprint density at radius 2 is 1.68 bits per heavy atom. The van der Waals surface area contributed by atoms with Gasteiger partial charge in [0.1, 0.15) is 11.5 Å². The molecule has 0 unspecified atom stereocenters. The van der Waals surface area contributed by atoms with Gasteiger partial charge in [0.15, 0.2) is 5.82 Å². The van der Waals surface area contributed by atoms with E-state index >= 15 is 0 Å². The molecule has 1 N–H and O–H groups in total. The zero-order valence-corrected chi connectivity index (χ0v) is 20.2. The van der Waals surface area contributed by atoms with Crippen molar-refractivity contribution in [2.24, 2.45) is 0 Å². The first kappa shape index (κ1) is 24.1. The van der Waals surface area contributed by atoms with Crippen molar-refractivity contribution in [3.05, 3.63) is 76.2 Å². The Labute approximate surface area is 202 Å². The molecule has 4 aromatic rings. The van der Waals surface area contributed by atoms with E-state index in [-0.39, 0.29) is 27.7 Å². The van der Waals surface area contributed by atoms with Crippen LogP contribution in [-0.2, 0) is 17.9 Å². The maximum absolute atomic E-state index is 14.6. The maximum Gasteiger partial charge on any atom is 0.341 e. The molecule has 1 amide bonds. The predicted molar refractivity (Wildman–Crippen MR) is 126 cm³/mol. The maximum atomic E-state index is 14.6. The molecule has 0 atom stereocenters. The lowest BCUT2D eigenvalue weighted by Gasteiger charge is -2.06. The van der Waals surface area contributed by atoms with Crippen LogP contribution in [0.15, 0.2) is 54.7 Å². The van der Waals surface area contributed by atoms with Gasteiger partial charge in [-0.15, -0.1) is 0 Å². The van der Waals surface area contributed by atoms with E-state index in [4.69, 9.17) is 23.2 Å². The number of carbonyl (C=O) groups is 1. The Bertz CT molecular complexity index is 1670. The first-order chi connectivity index (χ1) is 15.9. The number of amides is 1. The second-order valence-electron chi connectivity index (χ2n) is 7.04. The fourth-order valence-corrected chi connectivity index (χ4v) is 4.55. The van der Waals surface area contributed by atoms with E-state index in [2.05, 4.69) is 10.1 Å². The van der Waals surface area contributed by atoms with E-state index in [1.165, 1.54) is 33.7 Å². The van der Waals surface area contributed by atoms with E-state index in [1.807, 2.05) is 0 Å². The van der Waals surface area contributed by atoms with E-state index in [0.717, 1.165) is 12.3 Å². The Hall–Kier alpha value is -3.06. The molecule has 0 saturated heterocycles. The van der Waals surface area contributed by atoms with Crippen LogP contribution in [0.25, 0.3) is 28.0 Å². The molecule has 176 valence electrons. The Morgan fingerprint density at radius 1 is 1.00 bits per heavy atom. The van der Waals surface area contributed by atoms with Crippen LogP contribution in [0, 0.1) is 5.82 Å². The van der Waals surface area contributed by atoms with Crippen LogP contribution in [-0.4, -0.2) is 43.8 Å². The third-order valence-electron chi connectivity index (χ3n) is 4.67. The summed E-state index contributed by atoms with van der Waals surface area (Å²) in [5.41, 5.74) is 0.768. The number of aromatic nitrogens is 3. The fraction of sp³-hybridized carbons (Fsp3) is 0.0500. The van der Waals surface area contributed by atoms with Gasteiger partial charge in [-0.1, -0.05) is 23.2 Å². The Balaban J connectivity index is 1.77. The fourth-order valence-electron chi connectivity index (χ4n) is 3.04. The molecule has 2 aromatic heterocycles. The molecular formula is C20H13Cl2FN4O5S2. The van der Waals surface area contributed by atoms with Crippen molar-refractivity contribution in [1.29, 1.82) is 0 Å². The second-order valence-corrected chi connectivity index (χ2v) is 13.6. The minimum Gasteiger partial charge on any atom is -0.268 e. The molecule has 0 aliphatic carbocycles. The highest BCUT2D eigenvalue weighted by molar-refractivity contribution is 8.66. The van der Waals surface area contributed by atoms with Gasteiger partial charge >= 0.3 is 9.06 Å². The van der Waals surface area contributed by atoms with Crippen molar-refractivity contribution in [3.8, 4) is 17.1 Å². The van der Waals surface area contributed by atoms with E-state index in [1.54, 1.807) is 18.2 Å². The number of pyridine rings is 1. The summed E-state index contributed by atoms with van der Waals surface area (Å²) in [5.74, 6) is -1.55. The molecule has 0 saturated carbocycles. The number of rotatable bonds is 5. The minimum atomic E-state index is -4.90. The molecule has 0 aliphatic rings. The molecule has 9 nitrogen and oxygen atoms in total. The average Bonchev–Trinajstić information content (AvgIpc) is 3.11. The monoisotopic (exact) mass is 542 g/mol. The normalized spacial score (nSPS) is 12.1. The third kappa shape index (κ3) is 4.49. The summed E-state index contributed by atoms with van der Waals surface area (Å²) in [5, 5.41) is 5.61. The van der Waals surface area contributed by atoms with Crippen LogP contribution in [0.2, 0.25) is 10.0 Å². The van der Waals surface area contributed by atoms with E-state index < -0.39 is 29.6 Å². The molecule has 34 heavy (non-hydrogen) atoms. The van der Waals surface area contributed by atoms with Gasteiger partial charge in [0, 0.05) is 27.2 Å². The van der Waals surface area contributed by atoms with Crippen LogP contribution in [0.3, 0.4) is 0 Å². The molecule has 0 fully saturated rings. The second kappa shape index (κ2) is 8.62. The lowest BCUT2D eigenvalue weighted by molar-refractivity contribution is 0.0981. The standard InChI is InChI=1S/C20H13Cl2FN4O5S2/c1-33(29,30)34(31,32)26-20(28)11-2-7-18(24-10-11)27-17-6-4-12(21)8-15(17)19(25-27)14-5-3-13(22)9-16(14)23/h2-10H,1H3,(H,26,28). The van der Waals surface area contributed by atoms with Crippen LogP contribution in [0.5, 0.6) is 0 Å². The van der Waals surface area contributed by atoms with Gasteiger partial charge in [-0.2, -0.15) is 13.5 Å². The molecule has 0 bridgehead atoms. The molecule has 0 radical (unpaired) electrons. The molecule has 0 aliphatic heterocycles. The summed E-state index contributed by atoms with van der Waals surface area (Å²) < 4.78 is 63.4. The number of hydrogen-bond donors (Lipinski definition) is 1. The van der Waals surface area contributed by atoms with Crippen LogP contribution >= 0.6 is 23.2 Å². The SMILES string of the molecule is CS(=O)(=O)S(=O)(=O)NC(=O)c1ccc(-n2nc(-c3ccc(Cl)cc3F)c3cc(Cl)ccc32)nc1. The lowest BCUT2D eigenvalue weighted by atomic mass is 10.1. The van der Waals surface area contributed by atoms with Gasteiger partial charge in [-0.25, -0.2) is 27.2 Å². The Kier molecular flexibility index (Phi) is 6.10. The van der Waals surface area contributed by atoms with Gasteiger partial charge in [0.25, 0.3) is 14.8 Å². The number of fused-ring (bicyclic) bond motifs is 1. The summed E-state index contributed by atoms with van der Waals surface area (Å²) in [6, 6.07) is 11.6. The average molecular weight is 543 g/mol. The van der Waals surface area contributed by atoms with Crippen LogP contribution in [0.1, 0.15) is 10.4 Å². The molecule has 0 spiro atoms. The van der Waals surface area contributed by atoms with E-state index in [9.17, 15) is 26.0 Å². The van der Waals surface area contributed by atoms with Crippen molar-refractivity contribution in [3.63, 3.8) is 0 Å². The summed E-state index contributed by atoms with van der Waals surface area (Å²) >= 11 is 12.0. The number of nitrogens with zero attached hydrogens (tertiary/aromatic N) is 3. The van der Waals surface area contributed by atoms with Gasteiger partial charge < -0.3 is 0 Å². The zero-order chi connectivity index (χ0) is 24.8. The van der Waals surface area contributed by atoms with Crippen molar-refractivity contribution in [2.45, 2.75) is 0 Å². The number of carbonyl (C=O) groups excluding carboxylic acids is 1.